The third-order valence-electron chi connectivity index (χ3n) is 8.75. The molecule has 1 fully saturated rings. The van der Waals surface area contributed by atoms with Gasteiger partial charge in [-0.05, 0) is 31.1 Å². The van der Waals surface area contributed by atoms with Gasteiger partial charge in [0.25, 0.3) is 0 Å². The maximum absolute atomic E-state index is 6.15. The van der Waals surface area contributed by atoms with Gasteiger partial charge in [0.05, 0.1) is 12.7 Å². The summed E-state index contributed by atoms with van der Waals surface area (Å²) in [4.78, 5) is 0. The van der Waals surface area contributed by atoms with E-state index in [9.17, 15) is 0 Å². The van der Waals surface area contributed by atoms with Gasteiger partial charge in [-0.2, -0.15) is 0 Å². The number of epoxide rings is 1. The predicted octanol–water partition coefficient (Wildman–Crippen LogP) is 4.02. The standard InChI is InChI=1S/C39H35NOSi2/c1-7-19-34(20-8-1)42(35-21-9-2-10-22-35,36-23-11-3-12-24-36)40(31-33-32-41-33)43(37-25-13-4-14-26-37,38-27-15-5-16-28-38)39-29-17-6-18-30-39/h1-30,33H,31-32H2. The zero-order valence-corrected chi connectivity index (χ0v) is 26.2. The third-order valence-corrected chi connectivity index (χ3v) is 19.8. The molecule has 0 aromatic heterocycles. The van der Waals surface area contributed by atoms with Crippen LogP contribution >= 0.6 is 0 Å². The Morgan fingerprint density at radius 3 is 0.791 bits per heavy atom. The molecule has 0 aliphatic carbocycles. The lowest BCUT2D eigenvalue weighted by molar-refractivity contribution is 0.384. The van der Waals surface area contributed by atoms with Gasteiger partial charge in [0, 0.05) is 6.54 Å². The molecule has 1 saturated heterocycles. The molecule has 0 saturated carbocycles. The summed E-state index contributed by atoms with van der Waals surface area (Å²) in [5, 5.41) is 8.29. The first-order valence-electron chi connectivity index (χ1n) is 15.1. The Morgan fingerprint density at radius 2 is 0.605 bits per heavy atom. The van der Waals surface area contributed by atoms with Gasteiger partial charge in [-0.1, -0.05) is 182 Å². The molecular formula is C39H35NOSi2. The van der Waals surface area contributed by atoms with Crippen LogP contribution in [0.5, 0.6) is 0 Å². The lowest BCUT2D eigenvalue weighted by Gasteiger charge is -2.54. The third kappa shape index (κ3) is 4.92. The summed E-state index contributed by atoms with van der Waals surface area (Å²) in [6.07, 6.45) is 0.186. The van der Waals surface area contributed by atoms with E-state index in [0.29, 0.717) is 0 Å². The van der Waals surface area contributed by atoms with Crippen molar-refractivity contribution < 1.29 is 4.74 Å². The smallest absolute Gasteiger partial charge is 0.219 e. The molecule has 1 unspecified atom stereocenters. The molecule has 210 valence electrons. The summed E-state index contributed by atoms with van der Waals surface area (Å²) in [5.74, 6) is 0. The van der Waals surface area contributed by atoms with Gasteiger partial charge in [0.2, 0.25) is 16.5 Å². The predicted molar refractivity (Wildman–Crippen MR) is 184 cm³/mol. The quantitative estimate of drug-likeness (QED) is 0.136. The molecule has 0 spiro atoms. The summed E-state index contributed by atoms with van der Waals surface area (Å²) < 4.78 is 9.16. The van der Waals surface area contributed by atoms with Gasteiger partial charge >= 0.3 is 0 Å². The first-order valence-corrected chi connectivity index (χ1v) is 19.0. The highest BCUT2D eigenvalue weighted by Gasteiger charge is 2.58. The Balaban J connectivity index is 1.70. The van der Waals surface area contributed by atoms with Gasteiger partial charge in [0.1, 0.15) is 0 Å². The lowest BCUT2D eigenvalue weighted by Crippen LogP contribution is -2.90. The van der Waals surface area contributed by atoms with Crippen LogP contribution in [0.1, 0.15) is 0 Å². The summed E-state index contributed by atoms with van der Waals surface area (Å²) in [5.41, 5.74) is 0. The fourth-order valence-electron chi connectivity index (χ4n) is 6.91. The van der Waals surface area contributed by atoms with Crippen LogP contribution in [0.25, 0.3) is 0 Å². The Labute approximate surface area is 257 Å². The number of benzene rings is 6. The maximum Gasteiger partial charge on any atom is 0.219 e. The normalized spacial score (nSPS) is 14.9. The molecule has 7 rings (SSSR count). The summed E-state index contributed by atoms with van der Waals surface area (Å²) in [7, 11) is -5.89. The molecule has 43 heavy (non-hydrogen) atoms. The van der Waals surface area contributed by atoms with E-state index in [1.165, 1.54) is 31.1 Å². The number of hydrogen-bond donors (Lipinski definition) is 0. The highest BCUT2D eigenvalue weighted by Crippen LogP contribution is 2.26. The number of hydrogen-bond acceptors (Lipinski definition) is 2. The van der Waals surface area contributed by atoms with Crippen molar-refractivity contribution in [2.24, 2.45) is 0 Å². The van der Waals surface area contributed by atoms with E-state index in [4.69, 9.17) is 4.74 Å². The van der Waals surface area contributed by atoms with E-state index in [1.54, 1.807) is 0 Å². The minimum absolute atomic E-state index is 0.186. The number of rotatable bonds is 10. The fraction of sp³-hybridized carbons (Fsp3) is 0.0769. The lowest BCUT2D eigenvalue weighted by atomic mass is 10.3. The Morgan fingerprint density at radius 1 is 0.395 bits per heavy atom. The van der Waals surface area contributed by atoms with Crippen LogP contribution in [0.4, 0.5) is 0 Å². The van der Waals surface area contributed by atoms with Crippen LogP contribution in [0.3, 0.4) is 0 Å². The van der Waals surface area contributed by atoms with Crippen molar-refractivity contribution in [2.75, 3.05) is 13.2 Å². The van der Waals surface area contributed by atoms with Crippen LogP contribution in [0.2, 0.25) is 0 Å². The molecule has 0 amide bonds. The van der Waals surface area contributed by atoms with Crippen LogP contribution in [-0.4, -0.2) is 40.0 Å². The van der Waals surface area contributed by atoms with Crippen molar-refractivity contribution in [1.82, 2.24) is 4.23 Å². The van der Waals surface area contributed by atoms with Gasteiger partial charge < -0.3 is 8.97 Å². The van der Waals surface area contributed by atoms with Gasteiger partial charge in [-0.15, -0.1) is 0 Å². The average molecular weight is 590 g/mol. The first kappa shape index (κ1) is 27.5. The Kier molecular flexibility index (Phi) is 7.75. The molecule has 1 aliphatic heterocycles. The molecule has 1 aliphatic rings. The molecule has 2 nitrogen and oxygen atoms in total. The first-order chi connectivity index (χ1) is 21.3. The topological polar surface area (TPSA) is 15.8 Å². The number of nitrogens with zero attached hydrogens (tertiary/aromatic N) is 1. The van der Waals surface area contributed by atoms with E-state index in [-0.39, 0.29) is 6.10 Å². The SMILES string of the molecule is c1ccc([Si](c2ccccc2)(c2ccccc2)N(CC2CO2)[Si](c2ccccc2)(c2ccccc2)c2ccccc2)cc1. The molecular weight excluding hydrogens is 555 g/mol. The van der Waals surface area contributed by atoms with Crippen LogP contribution in [-0.2, 0) is 4.74 Å². The van der Waals surface area contributed by atoms with Crippen molar-refractivity contribution in [3.8, 4) is 0 Å². The van der Waals surface area contributed by atoms with E-state index < -0.39 is 16.5 Å². The van der Waals surface area contributed by atoms with E-state index in [0.717, 1.165) is 13.2 Å². The molecule has 1 atom stereocenters. The Bertz CT molecular complexity index is 1410. The minimum atomic E-state index is -2.94. The second-order valence-electron chi connectivity index (χ2n) is 11.2. The zero-order chi connectivity index (χ0) is 29.0. The van der Waals surface area contributed by atoms with E-state index in [2.05, 4.69) is 186 Å². The van der Waals surface area contributed by atoms with Crippen LogP contribution in [0.15, 0.2) is 182 Å². The molecule has 0 N–H and O–H groups in total. The number of ether oxygens (including phenoxy) is 1. The van der Waals surface area contributed by atoms with Gasteiger partial charge in [-0.3, -0.25) is 0 Å². The Hall–Kier alpha value is -4.33. The largest absolute Gasteiger partial charge is 0.372 e. The molecule has 0 radical (unpaired) electrons. The highest BCUT2D eigenvalue weighted by molar-refractivity contribution is 7.22. The van der Waals surface area contributed by atoms with Crippen molar-refractivity contribution in [3.05, 3.63) is 182 Å². The molecule has 6 aromatic rings. The van der Waals surface area contributed by atoms with Gasteiger partial charge in [0.15, 0.2) is 0 Å². The molecule has 0 bridgehead atoms. The molecule has 1 heterocycles. The van der Waals surface area contributed by atoms with Crippen molar-refractivity contribution in [3.63, 3.8) is 0 Å². The van der Waals surface area contributed by atoms with E-state index >= 15 is 0 Å². The summed E-state index contributed by atoms with van der Waals surface area (Å²) in [6, 6.07) is 67.8. The van der Waals surface area contributed by atoms with Crippen LogP contribution in [0, 0.1) is 0 Å². The molecule has 6 aromatic carbocycles. The van der Waals surface area contributed by atoms with Crippen LogP contribution < -0.4 is 31.1 Å². The molecule has 4 heteroatoms. The van der Waals surface area contributed by atoms with Gasteiger partial charge in [-0.25, -0.2) is 0 Å². The zero-order valence-electron chi connectivity index (χ0n) is 24.2. The summed E-state index contributed by atoms with van der Waals surface area (Å²) in [6.45, 7) is 1.64. The maximum atomic E-state index is 6.15. The summed E-state index contributed by atoms with van der Waals surface area (Å²) >= 11 is 0. The monoisotopic (exact) mass is 589 g/mol. The fourth-order valence-corrected chi connectivity index (χ4v) is 20.1. The second-order valence-corrected chi connectivity index (χ2v) is 19.0. The van der Waals surface area contributed by atoms with Crippen molar-refractivity contribution in [2.45, 2.75) is 6.10 Å². The minimum Gasteiger partial charge on any atom is -0.372 e. The average Bonchev–Trinajstić information content (AvgIpc) is 3.93. The second kappa shape index (κ2) is 12.1. The van der Waals surface area contributed by atoms with E-state index in [1.807, 2.05) is 0 Å². The van der Waals surface area contributed by atoms with Crippen molar-refractivity contribution >= 4 is 47.6 Å². The highest BCUT2D eigenvalue weighted by atomic mass is 28.4. The van der Waals surface area contributed by atoms with Crippen molar-refractivity contribution in [1.29, 1.82) is 0 Å².